The first-order valence-corrected chi connectivity index (χ1v) is 7.59. The summed E-state index contributed by atoms with van der Waals surface area (Å²) in [6, 6.07) is 12.7. The van der Waals surface area contributed by atoms with Crippen LogP contribution in [0.2, 0.25) is 0 Å². The fraction of sp³-hybridized carbons (Fsp3) is 0.150. The Labute approximate surface area is 129 Å². The largest absolute Gasteiger partial charge is 0.462 e. The highest BCUT2D eigenvalue weighted by Gasteiger charge is 2.18. The summed E-state index contributed by atoms with van der Waals surface area (Å²) in [6.45, 7) is 2.23. The van der Waals surface area contributed by atoms with E-state index in [0.717, 1.165) is 22.4 Å². The van der Waals surface area contributed by atoms with Crippen molar-refractivity contribution in [2.24, 2.45) is 0 Å². The predicted molar refractivity (Wildman–Crippen MR) is 87.6 cm³/mol. The molecule has 0 saturated heterocycles. The lowest BCUT2D eigenvalue weighted by Crippen LogP contribution is -2.35. The van der Waals surface area contributed by atoms with Gasteiger partial charge in [-0.3, -0.25) is 0 Å². The molecule has 2 aliphatic carbocycles. The zero-order valence-corrected chi connectivity index (χ0v) is 12.4. The first-order valence-electron chi connectivity index (χ1n) is 7.59. The van der Waals surface area contributed by atoms with Gasteiger partial charge in [0.05, 0.1) is 12.2 Å². The second kappa shape index (κ2) is 4.99. The van der Waals surface area contributed by atoms with Crippen molar-refractivity contribution in [3.05, 3.63) is 75.2 Å². The van der Waals surface area contributed by atoms with Crippen LogP contribution in [-0.2, 0) is 16.0 Å². The van der Waals surface area contributed by atoms with Gasteiger partial charge in [-0.2, -0.15) is 0 Å². The molecular weight excluding hydrogens is 272 g/mol. The first kappa shape index (κ1) is 13.1. The topological polar surface area (TPSA) is 26.3 Å². The van der Waals surface area contributed by atoms with Crippen LogP contribution in [0.1, 0.15) is 29.2 Å². The third-order valence-corrected chi connectivity index (χ3v) is 4.30. The highest BCUT2D eigenvalue weighted by atomic mass is 16.5. The molecule has 2 heteroatoms. The highest BCUT2D eigenvalue weighted by molar-refractivity contribution is 6.16. The monoisotopic (exact) mass is 288 g/mol. The van der Waals surface area contributed by atoms with Crippen molar-refractivity contribution in [1.29, 1.82) is 0 Å². The molecule has 0 heterocycles. The summed E-state index contributed by atoms with van der Waals surface area (Å²) in [5.74, 6) is -0.238. The number of carbonyl (C=O) groups is 1. The zero-order chi connectivity index (χ0) is 15.1. The molecule has 0 saturated carbocycles. The van der Waals surface area contributed by atoms with E-state index in [-0.39, 0.29) is 5.97 Å². The highest BCUT2D eigenvalue weighted by Crippen LogP contribution is 2.19. The van der Waals surface area contributed by atoms with E-state index in [1.54, 1.807) is 0 Å². The van der Waals surface area contributed by atoms with Crippen molar-refractivity contribution in [1.82, 2.24) is 0 Å². The fourth-order valence-corrected chi connectivity index (χ4v) is 3.27. The van der Waals surface area contributed by atoms with Crippen molar-refractivity contribution in [3.8, 4) is 0 Å². The number of esters is 1. The summed E-state index contributed by atoms with van der Waals surface area (Å²) in [5, 5.41) is 2.18. The van der Waals surface area contributed by atoms with E-state index < -0.39 is 0 Å². The molecule has 0 N–H and O–H groups in total. The molecule has 0 aliphatic heterocycles. The number of benzene rings is 2. The summed E-state index contributed by atoms with van der Waals surface area (Å²) in [5.41, 5.74) is 5.60. The summed E-state index contributed by atoms with van der Waals surface area (Å²) < 4.78 is 5.20. The van der Waals surface area contributed by atoms with Crippen LogP contribution in [-0.4, -0.2) is 12.6 Å². The van der Waals surface area contributed by atoms with Crippen molar-refractivity contribution in [3.63, 3.8) is 0 Å². The first-order chi connectivity index (χ1) is 10.8. The number of fused-ring (bicyclic) bond motifs is 4. The molecule has 2 aromatic carbocycles. The molecular formula is C20H16O2. The van der Waals surface area contributed by atoms with Gasteiger partial charge in [0.1, 0.15) is 0 Å². The van der Waals surface area contributed by atoms with Gasteiger partial charge in [0, 0.05) is 5.22 Å². The van der Waals surface area contributed by atoms with E-state index in [1.807, 2.05) is 19.1 Å². The SMILES string of the molecule is CCOC(=O)C1=c2c(ccc3c2=Cc2ccccc2C3)C=C1. The lowest BCUT2D eigenvalue weighted by Gasteiger charge is -2.14. The number of carbonyl (C=O) groups excluding carboxylic acids is 1. The molecule has 0 unspecified atom stereocenters. The Balaban J connectivity index is 2.04. The molecule has 2 aliphatic rings. The molecule has 108 valence electrons. The number of hydrogen-bond donors (Lipinski definition) is 0. The van der Waals surface area contributed by atoms with E-state index >= 15 is 0 Å². The maximum absolute atomic E-state index is 12.2. The number of rotatable bonds is 2. The minimum absolute atomic E-state index is 0.238. The van der Waals surface area contributed by atoms with Crippen molar-refractivity contribution in [2.75, 3.05) is 6.61 Å². The lowest BCUT2D eigenvalue weighted by molar-refractivity contribution is -0.136. The Kier molecular flexibility index (Phi) is 2.97. The standard InChI is InChI=1S/C20H16O2/c1-2-22-20(21)17-10-9-13-7-8-16-11-14-5-3-4-6-15(14)12-18(16)19(13)17/h3-10,12H,2,11H2,1H3. The summed E-state index contributed by atoms with van der Waals surface area (Å²) in [4.78, 5) is 12.2. The molecule has 0 spiro atoms. The van der Waals surface area contributed by atoms with Crippen LogP contribution in [0.3, 0.4) is 0 Å². The average molecular weight is 288 g/mol. The average Bonchev–Trinajstić information content (AvgIpc) is 2.98. The molecule has 4 rings (SSSR count). The van der Waals surface area contributed by atoms with Gasteiger partial charge in [-0.05, 0) is 53.0 Å². The van der Waals surface area contributed by atoms with E-state index in [1.165, 1.54) is 16.7 Å². The molecule has 2 aromatic rings. The molecule has 0 amide bonds. The van der Waals surface area contributed by atoms with Crippen molar-refractivity contribution >= 4 is 23.7 Å². The van der Waals surface area contributed by atoms with Gasteiger partial charge in [-0.1, -0.05) is 42.5 Å². The van der Waals surface area contributed by atoms with Crippen LogP contribution in [0.25, 0.3) is 17.7 Å². The molecule has 0 radical (unpaired) electrons. The van der Waals surface area contributed by atoms with Crippen LogP contribution < -0.4 is 10.4 Å². The van der Waals surface area contributed by atoms with E-state index in [9.17, 15) is 4.79 Å². The molecule has 22 heavy (non-hydrogen) atoms. The maximum Gasteiger partial charge on any atom is 0.338 e. The minimum atomic E-state index is -0.238. The predicted octanol–water partition coefficient (Wildman–Crippen LogP) is 2.16. The third-order valence-electron chi connectivity index (χ3n) is 4.30. The van der Waals surface area contributed by atoms with Gasteiger partial charge < -0.3 is 4.74 Å². The van der Waals surface area contributed by atoms with Crippen LogP contribution in [0, 0.1) is 0 Å². The Hall–Kier alpha value is -2.61. The van der Waals surface area contributed by atoms with Crippen LogP contribution in [0.4, 0.5) is 0 Å². The molecule has 0 aromatic heterocycles. The summed E-state index contributed by atoms with van der Waals surface area (Å²) in [7, 11) is 0. The zero-order valence-electron chi connectivity index (χ0n) is 12.4. The van der Waals surface area contributed by atoms with Crippen LogP contribution in [0.15, 0.2) is 42.5 Å². The summed E-state index contributed by atoms with van der Waals surface area (Å²) >= 11 is 0. The Morgan fingerprint density at radius 1 is 1.05 bits per heavy atom. The van der Waals surface area contributed by atoms with Gasteiger partial charge in [0.2, 0.25) is 0 Å². The fourth-order valence-electron chi connectivity index (χ4n) is 3.27. The van der Waals surface area contributed by atoms with Gasteiger partial charge >= 0.3 is 5.97 Å². The third kappa shape index (κ3) is 1.92. The molecule has 2 nitrogen and oxygen atoms in total. The second-order valence-corrected chi connectivity index (χ2v) is 5.59. The number of hydrogen-bond acceptors (Lipinski definition) is 2. The maximum atomic E-state index is 12.2. The van der Waals surface area contributed by atoms with Crippen LogP contribution in [0.5, 0.6) is 0 Å². The Morgan fingerprint density at radius 2 is 1.91 bits per heavy atom. The van der Waals surface area contributed by atoms with E-state index in [4.69, 9.17) is 4.74 Å². The smallest absolute Gasteiger partial charge is 0.338 e. The molecule has 0 fully saturated rings. The Bertz CT molecular complexity index is 933. The van der Waals surface area contributed by atoms with Crippen molar-refractivity contribution < 1.29 is 9.53 Å². The normalized spacial score (nSPS) is 14.0. The Morgan fingerprint density at radius 3 is 2.77 bits per heavy atom. The molecule has 0 atom stereocenters. The van der Waals surface area contributed by atoms with Gasteiger partial charge in [0.25, 0.3) is 0 Å². The summed E-state index contributed by atoms with van der Waals surface area (Å²) in [6.07, 6.45) is 6.97. The van der Waals surface area contributed by atoms with Gasteiger partial charge in [-0.15, -0.1) is 0 Å². The van der Waals surface area contributed by atoms with Gasteiger partial charge in [0.15, 0.2) is 0 Å². The quantitative estimate of drug-likeness (QED) is 0.676. The van der Waals surface area contributed by atoms with Crippen LogP contribution >= 0.6 is 0 Å². The van der Waals surface area contributed by atoms with E-state index in [0.29, 0.717) is 12.2 Å². The number of ether oxygens (including phenoxy) is 1. The van der Waals surface area contributed by atoms with Gasteiger partial charge in [-0.25, -0.2) is 4.79 Å². The minimum Gasteiger partial charge on any atom is -0.462 e. The molecule has 0 bridgehead atoms. The lowest BCUT2D eigenvalue weighted by atomic mass is 9.90. The second-order valence-electron chi connectivity index (χ2n) is 5.59. The van der Waals surface area contributed by atoms with E-state index in [2.05, 4.69) is 42.5 Å². The van der Waals surface area contributed by atoms with Crippen molar-refractivity contribution in [2.45, 2.75) is 13.3 Å².